The number of fused-ring (bicyclic) bond motifs is 1. The van der Waals surface area contributed by atoms with Crippen LogP contribution >= 0.6 is 11.6 Å². The highest BCUT2D eigenvalue weighted by atomic mass is 35.5. The minimum atomic E-state index is -4.69. The van der Waals surface area contributed by atoms with Gasteiger partial charge in [0.15, 0.2) is 5.65 Å². The highest BCUT2D eigenvalue weighted by Crippen LogP contribution is 2.31. The number of halogens is 4. The number of aromatic nitrogens is 3. The van der Waals surface area contributed by atoms with E-state index in [1.807, 2.05) is 0 Å². The number of hydrogen-bond donors (Lipinski definition) is 0. The number of rotatable bonds is 1. The van der Waals surface area contributed by atoms with E-state index in [9.17, 15) is 18.0 Å². The van der Waals surface area contributed by atoms with Crippen molar-refractivity contribution in [3.8, 4) is 11.9 Å². The lowest BCUT2D eigenvalue weighted by Gasteiger charge is -2.13. The molecule has 3 aromatic heterocycles. The summed E-state index contributed by atoms with van der Waals surface area (Å²) in [5.41, 5.74) is -2.78. The fourth-order valence-corrected chi connectivity index (χ4v) is 2.45. The van der Waals surface area contributed by atoms with Crippen LogP contribution in [0, 0.1) is 11.3 Å². The summed E-state index contributed by atoms with van der Waals surface area (Å²) in [6, 6.07) is 8.02. The van der Waals surface area contributed by atoms with Crippen molar-refractivity contribution < 1.29 is 13.2 Å². The predicted octanol–water partition coefficient (Wildman–Crippen LogP) is 3.32. The van der Waals surface area contributed by atoms with Crippen LogP contribution < -0.4 is 5.56 Å². The summed E-state index contributed by atoms with van der Waals surface area (Å²) in [4.78, 5) is 20.0. The maximum atomic E-state index is 12.9. The zero-order chi connectivity index (χ0) is 17.5. The number of pyridine rings is 3. The quantitative estimate of drug-likeness (QED) is 0.675. The summed E-state index contributed by atoms with van der Waals surface area (Å²) in [6.45, 7) is 0. The minimum absolute atomic E-state index is 0.0347. The molecule has 0 saturated carbocycles. The van der Waals surface area contributed by atoms with Gasteiger partial charge in [-0.15, -0.1) is 0 Å². The zero-order valence-corrected chi connectivity index (χ0v) is 12.4. The minimum Gasteiger partial charge on any atom is -0.267 e. The van der Waals surface area contributed by atoms with Crippen LogP contribution in [0.4, 0.5) is 13.2 Å². The molecule has 0 aliphatic carbocycles. The predicted molar refractivity (Wildman–Crippen MR) is 79.9 cm³/mol. The molecule has 24 heavy (non-hydrogen) atoms. The SMILES string of the molecule is N#Cc1c(Cl)c2ccc(C(F)(F)F)nc2n(-c2ccccn2)c1=O. The fourth-order valence-electron chi connectivity index (χ4n) is 2.18. The van der Waals surface area contributed by atoms with Crippen molar-refractivity contribution >= 4 is 22.6 Å². The largest absolute Gasteiger partial charge is 0.433 e. The Morgan fingerprint density at radius 1 is 1.21 bits per heavy atom. The van der Waals surface area contributed by atoms with Crippen molar-refractivity contribution in [2.75, 3.05) is 0 Å². The molecule has 0 saturated heterocycles. The second kappa shape index (κ2) is 5.62. The van der Waals surface area contributed by atoms with Gasteiger partial charge >= 0.3 is 6.18 Å². The van der Waals surface area contributed by atoms with E-state index >= 15 is 0 Å². The van der Waals surface area contributed by atoms with Gasteiger partial charge in [-0.05, 0) is 24.3 Å². The Morgan fingerprint density at radius 2 is 1.96 bits per heavy atom. The Kier molecular flexibility index (Phi) is 3.73. The first kappa shape index (κ1) is 16.0. The van der Waals surface area contributed by atoms with Gasteiger partial charge in [0.25, 0.3) is 5.56 Å². The van der Waals surface area contributed by atoms with Crippen LogP contribution in [0.5, 0.6) is 0 Å². The third-order valence-corrected chi connectivity index (χ3v) is 3.63. The second-order valence-electron chi connectivity index (χ2n) is 4.69. The number of nitriles is 1. The van der Waals surface area contributed by atoms with Gasteiger partial charge in [-0.2, -0.15) is 18.4 Å². The Morgan fingerprint density at radius 3 is 2.54 bits per heavy atom. The van der Waals surface area contributed by atoms with E-state index in [1.165, 1.54) is 12.3 Å². The number of hydrogen-bond acceptors (Lipinski definition) is 4. The first-order valence-corrected chi connectivity index (χ1v) is 6.86. The van der Waals surface area contributed by atoms with Gasteiger partial charge in [0, 0.05) is 11.6 Å². The molecular weight excluding hydrogens is 345 g/mol. The van der Waals surface area contributed by atoms with Crippen LogP contribution in [0.25, 0.3) is 16.9 Å². The fraction of sp³-hybridized carbons (Fsp3) is 0.0667. The van der Waals surface area contributed by atoms with E-state index in [1.54, 1.807) is 18.2 Å². The smallest absolute Gasteiger partial charge is 0.267 e. The monoisotopic (exact) mass is 350 g/mol. The van der Waals surface area contributed by atoms with Crippen LogP contribution in [-0.2, 0) is 6.18 Å². The summed E-state index contributed by atoms with van der Waals surface area (Å²) >= 11 is 6.00. The maximum Gasteiger partial charge on any atom is 0.433 e. The lowest BCUT2D eigenvalue weighted by molar-refractivity contribution is -0.141. The van der Waals surface area contributed by atoms with E-state index in [0.717, 1.165) is 16.7 Å². The molecule has 0 aliphatic rings. The van der Waals surface area contributed by atoms with Gasteiger partial charge in [0.2, 0.25) is 0 Å². The molecule has 9 heteroatoms. The Bertz CT molecular complexity index is 1040. The first-order valence-electron chi connectivity index (χ1n) is 6.48. The lowest BCUT2D eigenvalue weighted by Crippen LogP contribution is -2.24. The van der Waals surface area contributed by atoms with Crippen LogP contribution in [0.1, 0.15) is 11.3 Å². The Hall–Kier alpha value is -2.92. The third kappa shape index (κ3) is 2.49. The molecule has 0 atom stereocenters. The molecule has 0 N–H and O–H groups in total. The average Bonchev–Trinajstić information content (AvgIpc) is 2.55. The molecule has 0 unspecified atom stereocenters. The van der Waals surface area contributed by atoms with Gasteiger partial charge < -0.3 is 0 Å². The highest BCUT2D eigenvalue weighted by molar-refractivity contribution is 6.36. The Labute approximate surface area is 137 Å². The van der Waals surface area contributed by atoms with E-state index < -0.39 is 23.0 Å². The van der Waals surface area contributed by atoms with Crippen LogP contribution in [0.3, 0.4) is 0 Å². The average molecular weight is 351 g/mol. The van der Waals surface area contributed by atoms with E-state index in [2.05, 4.69) is 9.97 Å². The molecule has 3 heterocycles. The molecule has 5 nitrogen and oxygen atoms in total. The molecule has 0 fully saturated rings. The van der Waals surface area contributed by atoms with Crippen molar-refractivity contribution in [3.05, 3.63) is 63.2 Å². The highest BCUT2D eigenvalue weighted by Gasteiger charge is 2.33. The standard InChI is InChI=1S/C15H6ClF3N4O/c16-12-8-4-5-10(15(17,18)19)22-13(8)23(14(24)9(12)7-20)11-3-1-2-6-21-11/h1-6H. The molecule has 3 rings (SSSR count). The molecule has 120 valence electrons. The lowest BCUT2D eigenvalue weighted by atomic mass is 10.2. The maximum absolute atomic E-state index is 12.9. The van der Waals surface area contributed by atoms with Gasteiger partial charge in [0.05, 0.1) is 5.02 Å². The van der Waals surface area contributed by atoms with Crippen LogP contribution in [0.15, 0.2) is 41.3 Å². The molecule has 3 aromatic rings. The number of alkyl halides is 3. The molecule has 0 spiro atoms. The first-order chi connectivity index (χ1) is 11.3. The summed E-state index contributed by atoms with van der Waals surface area (Å²) in [5, 5.41) is 8.95. The van der Waals surface area contributed by atoms with E-state index in [0.29, 0.717) is 0 Å². The molecule has 0 amide bonds. The number of nitrogens with zero attached hydrogens (tertiary/aromatic N) is 4. The molecule has 0 radical (unpaired) electrons. The zero-order valence-electron chi connectivity index (χ0n) is 11.7. The second-order valence-corrected chi connectivity index (χ2v) is 5.07. The van der Waals surface area contributed by atoms with Crippen LogP contribution in [-0.4, -0.2) is 14.5 Å². The van der Waals surface area contributed by atoms with Gasteiger partial charge in [0.1, 0.15) is 23.1 Å². The molecule has 0 aliphatic heterocycles. The molecular formula is C15H6ClF3N4O. The summed E-state index contributed by atoms with van der Waals surface area (Å²) in [7, 11) is 0. The summed E-state index contributed by atoms with van der Waals surface area (Å²) in [5.74, 6) is 0.0347. The normalized spacial score (nSPS) is 11.5. The summed E-state index contributed by atoms with van der Waals surface area (Å²) in [6.07, 6.45) is -3.33. The van der Waals surface area contributed by atoms with Crippen molar-refractivity contribution in [2.45, 2.75) is 6.18 Å². The van der Waals surface area contributed by atoms with Gasteiger partial charge in [-0.3, -0.25) is 4.79 Å². The van der Waals surface area contributed by atoms with Gasteiger partial charge in [-0.1, -0.05) is 17.7 Å². The van der Waals surface area contributed by atoms with Crippen LogP contribution in [0.2, 0.25) is 5.02 Å². The molecule has 0 aromatic carbocycles. The molecule has 0 bridgehead atoms. The third-order valence-electron chi connectivity index (χ3n) is 3.24. The summed E-state index contributed by atoms with van der Waals surface area (Å²) < 4.78 is 39.7. The van der Waals surface area contributed by atoms with Crippen molar-refractivity contribution in [3.63, 3.8) is 0 Å². The van der Waals surface area contributed by atoms with Crippen molar-refractivity contribution in [1.29, 1.82) is 5.26 Å². The Balaban J connectivity index is 2.52. The van der Waals surface area contributed by atoms with Gasteiger partial charge in [-0.25, -0.2) is 14.5 Å². The van der Waals surface area contributed by atoms with E-state index in [4.69, 9.17) is 16.9 Å². The van der Waals surface area contributed by atoms with Crippen molar-refractivity contribution in [1.82, 2.24) is 14.5 Å². The van der Waals surface area contributed by atoms with E-state index in [-0.39, 0.29) is 21.9 Å². The topological polar surface area (TPSA) is 71.6 Å². The van der Waals surface area contributed by atoms with Crippen molar-refractivity contribution in [2.24, 2.45) is 0 Å².